The van der Waals surface area contributed by atoms with Crippen molar-refractivity contribution >= 4 is 11.6 Å². The summed E-state index contributed by atoms with van der Waals surface area (Å²) in [5, 5.41) is 2.90. The second-order valence-corrected chi connectivity index (χ2v) is 5.13. The minimum absolute atomic E-state index is 0.0768. The molecule has 0 aliphatic rings. The van der Waals surface area contributed by atoms with Gasteiger partial charge in [-0.25, -0.2) is 0 Å². The number of benzene rings is 2. The summed E-state index contributed by atoms with van der Waals surface area (Å²) in [6, 6.07) is 13.1. The fourth-order valence-corrected chi connectivity index (χ4v) is 2.46. The maximum absolute atomic E-state index is 12.3. The Hall–Kier alpha value is -2.69. The number of para-hydroxylation sites is 3. The van der Waals surface area contributed by atoms with E-state index in [4.69, 9.17) is 14.2 Å². The Morgan fingerprint density at radius 3 is 2.46 bits per heavy atom. The van der Waals surface area contributed by atoms with Crippen LogP contribution in [0.4, 0.5) is 5.69 Å². The predicted molar refractivity (Wildman–Crippen MR) is 94.1 cm³/mol. The number of methoxy groups -OCH3 is 2. The van der Waals surface area contributed by atoms with Gasteiger partial charge in [0.15, 0.2) is 11.5 Å². The van der Waals surface area contributed by atoms with Gasteiger partial charge in [0.25, 0.3) is 0 Å². The van der Waals surface area contributed by atoms with Gasteiger partial charge in [0.05, 0.1) is 26.5 Å². The molecule has 2 rings (SSSR count). The van der Waals surface area contributed by atoms with Crippen LogP contribution in [-0.2, 0) is 11.2 Å². The average Bonchev–Trinajstić information content (AvgIpc) is 2.61. The van der Waals surface area contributed by atoms with Gasteiger partial charge in [-0.2, -0.15) is 0 Å². The number of aryl methyl sites for hydroxylation is 1. The number of hydrogen-bond acceptors (Lipinski definition) is 4. The molecule has 0 saturated carbocycles. The number of carbonyl (C=O) groups is 1. The summed E-state index contributed by atoms with van der Waals surface area (Å²) in [5.41, 5.74) is 1.62. The Bertz CT molecular complexity index is 685. The van der Waals surface area contributed by atoms with Gasteiger partial charge in [0.1, 0.15) is 5.75 Å². The van der Waals surface area contributed by atoms with Gasteiger partial charge in [-0.1, -0.05) is 24.3 Å². The van der Waals surface area contributed by atoms with Gasteiger partial charge in [-0.3, -0.25) is 4.79 Å². The van der Waals surface area contributed by atoms with Gasteiger partial charge in [0.2, 0.25) is 5.91 Å². The molecular formula is C19H23NO4. The molecule has 0 saturated heterocycles. The number of carbonyl (C=O) groups excluding carboxylic acids is 1. The molecular weight excluding hydrogens is 306 g/mol. The van der Waals surface area contributed by atoms with E-state index >= 15 is 0 Å². The van der Waals surface area contributed by atoms with E-state index < -0.39 is 0 Å². The number of hydrogen-bond donors (Lipinski definition) is 1. The number of rotatable bonds is 8. The monoisotopic (exact) mass is 329 g/mol. The lowest BCUT2D eigenvalue weighted by Gasteiger charge is -2.13. The smallest absolute Gasteiger partial charge is 0.224 e. The van der Waals surface area contributed by atoms with E-state index in [1.54, 1.807) is 14.2 Å². The van der Waals surface area contributed by atoms with Gasteiger partial charge < -0.3 is 19.5 Å². The van der Waals surface area contributed by atoms with Crippen LogP contribution in [0, 0.1) is 0 Å². The molecule has 0 aliphatic carbocycles. The van der Waals surface area contributed by atoms with E-state index in [0.29, 0.717) is 42.4 Å². The number of anilines is 1. The SMILES string of the molecule is CCOc1ccccc1NC(=O)CCc1cccc(OC)c1OC. The van der Waals surface area contributed by atoms with Crippen molar-refractivity contribution in [1.29, 1.82) is 0 Å². The molecule has 1 N–H and O–H groups in total. The van der Waals surface area contributed by atoms with Crippen LogP contribution >= 0.6 is 0 Å². The standard InChI is InChI=1S/C19H23NO4/c1-4-24-16-10-6-5-9-15(16)20-18(21)13-12-14-8-7-11-17(22-2)19(14)23-3/h5-11H,4,12-13H2,1-3H3,(H,20,21). The highest BCUT2D eigenvalue weighted by Gasteiger charge is 2.12. The molecule has 5 nitrogen and oxygen atoms in total. The Kier molecular flexibility index (Phi) is 6.49. The Morgan fingerprint density at radius 1 is 1.00 bits per heavy atom. The van der Waals surface area contributed by atoms with Crippen molar-refractivity contribution in [3.05, 3.63) is 48.0 Å². The van der Waals surface area contributed by atoms with Gasteiger partial charge in [-0.15, -0.1) is 0 Å². The average molecular weight is 329 g/mol. The first-order chi connectivity index (χ1) is 11.7. The minimum Gasteiger partial charge on any atom is -0.493 e. The highest BCUT2D eigenvalue weighted by Crippen LogP contribution is 2.31. The maximum atomic E-state index is 12.3. The van der Waals surface area contributed by atoms with Crippen molar-refractivity contribution in [2.45, 2.75) is 19.8 Å². The molecule has 128 valence electrons. The van der Waals surface area contributed by atoms with E-state index in [9.17, 15) is 4.79 Å². The fourth-order valence-electron chi connectivity index (χ4n) is 2.46. The molecule has 2 aromatic rings. The van der Waals surface area contributed by atoms with Crippen molar-refractivity contribution < 1.29 is 19.0 Å². The summed E-state index contributed by atoms with van der Waals surface area (Å²) in [7, 11) is 3.19. The Labute approximate surface area is 142 Å². The third-order valence-corrected chi connectivity index (χ3v) is 3.57. The summed E-state index contributed by atoms with van der Waals surface area (Å²) in [6.45, 7) is 2.46. The van der Waals surface area contributed by atoms with E-state index in [-0.39, 0.29) is 5.91 Å². The lowest BCUT2D eigenvalue weighted by Crippen LogP contribution is -2.13. The molecule has 0 unspecified atom stereocenters. The first-order valence-electron chi connectivity index (χ1n) is 7.91. The minimum atomic E-state index is -0.0768. The summed E-state index contributed by atoms with van der Waals surface area (Å²) < 4.78 is 16.2. The second kappa shape index (κ2) is 8.82. The lowest BCUT2D eigenvalue weighted by molar-refractivity contribution is -0.116. The zero-order chi connectivity index (χ0) is 17.4. The third kappa shape index (κ3) is 4.41. The summed E-state index contributed by atoms with van der Waals surface area (Å²) >= 11 is 0. The molecule has 1 amide bonds. The zero-order valence-electron chi connectivity index (χ0n) is 14.3. The quantitative estimate of drug-likeness (QED) is 0.803. The highest BCUT2D eigenvalue weighted by atomic mass is 16.5. The molecule has 0 radical (unpaired) electrons. The van der Waals surface area contributed by atoms with E-state index in [1.165, 1.54) is 0 Å². The van der Waals surface area contributed by atoms with Crippen LogP contribution in [0.25, 0.3) is 0 Å². The first kappa shape index (κ1) is 17.7. The molecule has 0 bridgehead atoms. The molecule has 0 fully saturated rings. The van der Waals surface area contributed by atoms with Crippen LogP contribution in [-0.4, -0.2) is 26.7 Å². The second-order valence-electron chi connectivity index (χ2n) is 5.13. The fraction of sp³-hybridized carbons (Fsp3) is 0.316. The molecule has 5 heteroatoms. The van der Waals surface area contributed by atoms with Crippen molar-refractivity contribution in [3.8, 4) is 17.2 Å². The number of nitrogens with one attached hydrogen (secondary N) is 1. The van der Waals surface area contributed by atoms with Crippen LogP contribution in [0.1, 0.15) is 18.9 Å². The van der Waals surface area contributed by atoms with Crippen LogP contribution in [0.3, 0.4) is 0 Å². The molecule has 0 aliphatic heterocycles. The van der Waals surface area contributed by atoms with Crippen molar-refractivity contribution in [2.24, 2.45) is 0 Å². The largest absolute Gasteiger partial charge is 0.493 e. The summed E-state index contributed by atoms with van der Waals surface area (Å²) in [5.74, 6) is 1.93. The Balaban J connectivity index is 2.02. The molecule has 0 heterocycles. The highest BCUT2D eigenvalue weighted by molar-refractivity contribution is 5.92. The lowest BCUT2D eigenvalue weighted by atomic mass is 10.1. The van der Waals surface area contributed by atoms with Crippen LogP contribution in [0.5, 0.6) is 17.2 Å². The zero-order valence-corrected chi connectivity index (χ0v) is 14.3. The van der Waals surface area contributed by atoms with Crippen LogP contribution in [0.15, 0.2) is 42.5 Å². The van der Waals surface area contributed by atoms with Crippen molar-refractivity contribution in [3.63, 3.8) is 0 Å². The third-order valence-electron chi connectivity index (χ3n) is 3.57. The van der Waals surface area contributed by atoms with E-state index in [1.807, 2.05) is 49.4 Å². The van der Waals surface area contributed by atoms with Gasteiger partial charge in [-0.05, 0) is 37.1 Å². The topological polar surface area (TPSA) is 56.8 Å². The number of amides is 1. The van der Waals surface area contributed by atoms with Crippen LogP contribution in [0.2, 0.25) is 0 Å². The Morgan fingerprint density at radius 2 is 1.75 bits per heavy atom. The molecule has 0 aromatic heterocycles. The number of ether oxygens (including phenoxy) is 3. The van der Waals surface area contributed by atoms with Crippen molar-refractivity contribution in [1.82, 2.24) is 0 Å². The van der Waals surface area contributed by atoms with E-state index in [2.05, 4.69) is 5.32 Å². The molecule has 0 atom stereocenters. The maximum Gasteiger partial charge on any atom is 0.224 e. The van der Waals surface area contributed by atoms with E-state index in [0.717, 1.165) is 5.56 Å². The molecule has 2 aromatic carbocycles. The summed E-state index contributed by atoms with van der Waals surface area (Å²) in [4.78, 5) is 12.3. The van der Waals surface area contributed by atoms with Crippen molar-refractivity contribution in [2.75, 3.05) is 26.1 Å². The predicted octanol–water partition coefficient (Wildman–Crippen LogP) is 3.67. The first-order valence-corrected chi connectivity index (χ1v) is 7.91. The van der Waals surface area contributed by atoms with Crippen LogP contribution < -0.4 is 19.5 Å². The summed E-state index contributed by atoms with van der Waals surface area (Å²) in [6.07, 6.45) is 0.896. The molecule has 0 spiro atoms. The molecule has 24 heavy (non-hydrogen) atoms. The normalized spacial score (nSPS) is 10.1. The van der Waals surface area contributed by atoms with Gasteiger partial charge >= 0.3 is 0 Å². The van der Waals surface area contributed by atoms with Gasteiger partial charge in [0, 0.05) is 6.42 Å².